The van der Waals surface area contributed by atoms with Crippen LogP contribution in [0.4, 0.5) is 0 Å². The summed E-state index contributed by atoms with van der Waals surface area (Å²) >= 11 is 0. The van der Waals surface area contributed by atoms with Gasteiger partial charge in [0.25, 0.3) is 0 Å². The van der Waals surface area contributed by atoms with E-state index in [1.54, 1.807) is 0 Å². The highest BCUT2D eigenvalue weighted by molar-refractivity contribution is 5.85. The Morgan fingerprint density at radius 3 is 2.65 bits per heavy atom. The smallest absolute Gasteiger partial charge is 0.0671 e. The van der Waals surface area contributed by atoms with Crippen molar-refractivity contribution in [1.29, 1.82) is 0 Å². The summed E-state index contributed by atoms with van der Waals surface area (Å²) in [7, 11) is 0. The molecule has 17 heavy (non-hydrogen) atoms. The van der Waals surface area contributed by atoms with E-state index < -0.39 is 0 Å². The second-order valence-corrected chi connectivity index (χ2v) is 4.94. The summed E-state index contributed by atoms with van der Waals surface area (Å²) in [6, 6.07) is 2.11. The van der Waals surface area contributed by atoms with E-state index in [0.29, 0.717) is 0 Å². The fourth-order valence-electron chi connectivity index (χ4n) is 2.17. The van der Waals surface area contributed by atoms with Crippen LogP contribution in [0.15, 0.2) is 18.5 Å². The van der Waals surface area contributed by atoms with Crippen molar-refractivity contribution in [1.82, 2.24) is 9.55 Å². The van der Waals surface area contributed by atoms with E-state index in [1.807, 2.05) is 12.4 Å². The van der Waals surface area contributed by atoms with Gasteiger partial charge in [-0.15, -0.1) is 12.4 Å². The van der Waals surface area contributed by atoms with Gasteiger partial charge in [-0.3, -0.25) is 4.98 Å². The third kappa shape index (κ3) is 2.63. The zero-order valence-electron chi connectivity index (χ0n) is 11.0. The SMILES string of the molecule is Cc1c(C)n(CCC(C)C)c2cnccc12.Cl. The number of pyridine rings is 1. The molecule has 0 radical (unpaired) electrons. The summed E-state index contributed by atoms with van der Waals surface area (Å²) in [4.78, 5) is 4.23. The van der Waals surface area contributed by atoms with E-state index in [2.05, 4.69) is 43.3 Å². The minimum Gasteiger partial charge on any atom is -0.343 e. The molecule has 0 amide bonds. The second-order valence-electron chi connectivity index (χ2n) is 4.94. The molecular weight excluding hydrogens is 232 g/mol. The molecule has 0 aliphatic heterocycles. The molecule has 2 heterocycles. The van der Waals surface area contributed by atoms with Crippen molar-refractivity contribution in [3.05, 3.63) is 29.7 Å². The first-order valence-corrected chi connectivity index (χ1v) is 6.00. The van der Waals surface area contributed by atoms with Gasteiger partial charge < -0.3 is 4.57 Å². The van der Waals surface area contributed by atoms with Crippen molar-refractivity contribution in [2.75, 3.05) is 0 Å². The van der Waals surface area contributed by atoms with Crippen LogP contribution < -0.4 is 0 Å². The highest BCUT2D eigenvalue weighted by atomic mass is 35.5. The van der Waals surface area contributed by atoms with Crippen LogP contribution in [0.25, 0.3) is 10.9 Å². The van der Waals surface area contributed by atoms with Crippen molar-refractivity contribution >= 4 is 23.3 Å². The Kier molecular flexibility index (Phi) is 4.58. The van der Waals surface area contributed by atoms with Gasteiger partial charge >= 0.3 is 0 Å². The van der Waals surface area contributed by atoms with Crippen LogP contribution in [0, 0.1) is 19.8 Å². The Balaban J connectivity index is 0.00000144. The molecule has 0 bridgehead atoms. The van der Waals surface area contributed by atoms with E-state index >= 15 is 0 Å². The zero-order valence-corrected chi connectivity index (χ0v) is 11.8. The van der Waals surface area contributed by atoms with Gasteiger partial charge in [0.05, 0.1) is 11.7 Å². The first-order valence-electron chi connectivity index (χ1n) is 6.00. The Morgan fingerprint density at radius 2 is 2.00 bits per heavy atom. The Morgan fingerprint density at radius 1 is 1.29 bits per heavy atom. The summed E-state index contributed by atoms with van der Waals surface area (Å²) in [5.41, 5.74) is 4.04. The van der Waals surface area contributed by atoms with Crippen molar-refractivity contribution in [2.45, 2.75) is 40.7 Å². The fourth-order valence-corrected chi connectivity index (χ4v) is 2.17. The first kappa shape index (κ1) is 14.0. The maximum atomic E-state index is 4.23. The van der Waals surface area contributed by atoms with Crippen molar-refractivity contribution in [3.8, 4) is 0 Å². The van der Waals surface area contributed by atoms with Gasteiger partial charge in [-0.1, -0.05) is 13.8 Å². The van der Waals surface area contributed by atoms with Crippen LogP contribution in [0.3, 0.4) is 0 Å². The zero-order chi connectivity index (χ0) is 11.7. The number of rotatable bonds is 3. The van der Waals surface area contributed by atoms with Crippen molar-refractivity contribution < 1.29 is 0 Å². The molecule has 0 aliphatic rings. The van der Waals surface area contributed by atoms with E-state index in [-0.39, 0.29) is 12.4 Å². The molecule has 3 heteroatoms. The number of fused-ring (bicyclic) bond motifs is 1. The number of nitrogens with zero attached hydrogens (tertiary/aromatic N) is 2. The lowest BCUT2D eigenvalue weighted by Gasteiger charge is -2.10. The number of hydrogen-bond donors (Lipinski definition) is 0. The topological polar surface area (TPSA) is 17.8 Å². The third-order valence-electron chi connectivity index (χ3n) is 3.37. The second kappa shape index (κ2) is 5.54. The fraction of sp³-hybridized carbons (Fsp3) is 0.500. The standard InChI is InChI=1S/C14H20N2.ClH/c1-10(2)6-8-16-12(4)11(3)13-5-7-15-9-14(13)16;/h5,7,9-10H,6,8H2,1-4H3;1H. The van der Waals surface area contributed by atoms with Gasteiger partial charge in [0, 0.05) is 23.8 Å². The lowest BCUT2D eigenvalue weighted by molar-refractivity contribution is 0.519. The number of halogens is 1. The Labute approximate surface area is 109 Å². The quantitative estimate of drug-likeness (QED) is 0.804. The van der Waals surface area contributed by atoms with E-state index in [4.69, 9.17) is 0 Å². The molecule has 2 aromatic rings. The van der Waals surface area contributed by atoms with Crippen LogP contribution in [0.2, 0.25) is 0 Å². The lowest BCUT2D eigenvalue weighted by Crippen LogP contribution is -2.03. The summed E-state index contributed by atoms with van der Waals surface area (Å²) in [6.45, 7) is 10.0. The van der Waals surface area contributed by atoms with Gasteiger partial charge in [-0.2, -0.15) is 0 Å². The first-order chi connectivity index (χ1) is 7.61. The van der Waals surface area contributed by atoms with Crippen LogP contribution in [0.1, 0.15) is 31.5 Å². The van der Waals surface area contributed by atoms with Crippen molar-refractivity contribution in [2.24, 2.45) is 5.92 Å². The molecule has 2 rings (SSSR count). The molecule has 0 spiro atoms. The highest BCUT2D eigenvalue weighted by Gasteiger charge is 2.10. The predicted molar refractivity (Wildman–Crippen MR) is 75.9 cm³/mol. The summed E-state index contributed by atoms with van der Waals surface area (Å²) < 4.78 is 2.40. The molecule has 0 saturated carbocycles. The molecule has 2 nitrogen and oxygen atoms in total. The maximum Gasteiger partial charge on any atom is 0.0671 e. The molecule has 0 saturated heterocycles. The van der Waals surface area contributed by atoms with Gasteiger partial charge in [0.15, 0.2) is 0 Å². The Bertz CT molecular complexity index is 500. The molecule has 0 aliphatic carbocycles. The van der Waals surface area contributed by atoms with Gasteiger partial charge in [0.1, 0.15) is 0 Å². The molecule has 0 unspecified atom stereocenters. The normalized spacial score (nSPS) is 10.9. The number of aryl methyl sites for hydroxylation is 2. The van der Waals surface area contributed by atoms with Gasteiger partial charge in [-0.25, -0.2) is 0 Å². The molecule has 0 fully saturated rings. The largest absolute Gasteiger partial charge is 0.343 e. The van der Waals surface area contributed by atoms with Crippen molar-refractivity contribution in [3.63, 3.8) is 0 Å². The van der Waals surface area contributed by atoms with Crippen LogP contribution in [-0.4, -0.2) is 9.55 Å². The number of hydrogen-bond acceptors (Lipinski definition) is 1. The molecule has 2 aromatic heterocycles. The van der Waals surface area contributed by atoms with Crippen LogP contribution >= 0.6 is 12.4 Å². The van der Waals surface area contributed by atoms with Crippen LogP contribution in [-0.2, 0) is 6.54 Å². The van der Waals surface area contributed by atoms with E-state index in [1.165, 1.54) is 28.6 Å². The predicted octanol–water partition coefficient (Wildman–Crippen LogP) is 4.12. The monoisotopic (exact) mass is 252 g/mol. The molecular formula is C14H21ClN2. The third-order valence-corrected chi connectivity index (χ3v) is 3.37. The summed E-state index contributed by atoms with van der Waals surface area (Å²) in [6.07, 6.45) is 5.08. The maximum absolute atomic E-state index is 4.23. The minimum absolute atomic E-state index is 0. The highest BCUT2D eigenvalue weighted by Crippen LogP contribution is 2.24. The molecule has 0 aromatic carbocycles. The average molecular weight is 253 g/mol. The lowest BCUT2D eigenvalue weighted by atomic mass is 10.1. The van der Waals surface area contributed by atoms with E-state index in [0.717, 1.165) is 12.5 Å². The summed E-state index contributed by atoms with van der Waals surface area (Å²) in [5, 5.41) is 1.34. The van der Waals surface area contributed by atoms with E-state index in [9.17, 15) is 0 Å². The summed E-state index contributed by atoms with van der Waals surface area (Å²) in [5.74, 6) is 0.744. The average Bonchev–Trinajstić information content (AvgIpc) is 2.50. The molecule has 0 atom stereocenters. The van der Waals surface area contributed by atoms with Gasteiger partial charge in [0.2, 0.25) is 0 Å². The minimum atomic E-state index is 0. The molecule has 0 N–H and O–H groups in total. The van der Waals surface area contributed by atoms with Crippen LogP contribution in [0.5, 0.6) is 0 Å². The number of aromatic nitrogens is 2. The molecule has 94 valence electrons. The van der Waals surface area contributed by atoms with Gasteiger partial charge in [-0.05, 0) is 37.8 Å². The Hall–Kier alpha value is -1.02.